The lowest BCUT2D eigenvalue weighted by Crippen LogP contribution is -2.36. The molecule has 0 saturated carbocycles. The number of ether oxygens (including phenoxy) is 1. The molecule has 1 aliphatic rings. The van der Waals surface area contributed by atoms with E-state index in [4.69, 9.17) is 15.5 Å². The standard InChI is InChI=1S/C25H25N5O/c1-17-9-10-19-16-27-25(29-24(19)23(17)18-5-4-6-20(26)15-18)28-21-7-2-3-8-22(21)30-11-13-31-14-12-30/h2-10,15-16H,11-14,26H2,1H3,(H,27,28,29). The van der Waals surface area contributed by atoms with Gasteiger partial charge >= 0.3 is 0 Å². The number of para-hydroxylation sites is 2. The van der Waals surface area contributed by atoms with Crippen LogP contribution in [0.5, 0.6) is 0 Å². The van der Waals surface area contributed by atoms with Gasteiger partial charge in [0, 0.05) is 35.9 Å². The number of aromatic nitrogens is 2. The molecule has 0 radical (unpaired) electrons. The van der Waals surface area contributed by atoms with Crippen molar-refractivity contribution in [2.24, 2.45) is 0 Å². The van der Waals surface area contributed by atoms with Gasteiger partial charge in [0.15, 0.2) is 0 Å². The number of benzene rings is 3. The third-order valence-electron chi connectivity index (χ3n) is 5.64. The third-order valence-corrected chi connectivity index (χ3v) is 5.64. The molecular weight excluding hydrogens is 386 g/mol. The van der Waals surface area contributed by atoms with E-state index in [0.29, 0.717) is 5.95 Å². The van der Waals surface area contributed by atoms with Crippen molar-refractivity contribution in [3.05, 3.63) is 72.4 Å². The highest BCUT2D eigenvalue weighted by molar-refractivity contribution is 5.96. The Kier molecular flexibility index (Phi) is 5.14. The molecule has 6 nitrogen and oxygen atoms in total. The van der Waals surface area contributed by atoms with E-state index >= 15 is 0 Å². The predicted octanol–water partition coefficient (Wildman–Crippen LogP) is 4.77. The molecule has 5 rings (SSSR count). The molecule has 1 aliphatic heterocycles. The third kappa shape index (κ3) is 3.90. The minimum atomic E-state index is 0.573. The molecule has 3 N–H and O–H groups in total. The van der Waals surface area contributed by atoms with E-state index in [-0.39, 0.29) is 0 Å². The maximum atomic E-state index is 6.05. The Balaban J connectivity index is 1.56. The molecule has 6 heteroatoms. The number of hydrogen-bond acceptors (Lipinski definition) is 6. The van der Waals surface area contributed by atoms with Crippen molar-refractivity contribution < 1.29 is 4.74 Å². The van der Waals surface area contributed by atoms with Crippen LogP contribution >= 0.6 is 0 Å². The Morgan fingerprint density at radius 3 is 2.68 bits per heavy atom. The average molecular weight is 412 g/mol. The van der Waals surface area contributed by atoms with Crippen molar-refractivity contribution in [1.29, 1.82) is 0 Å². The van der Waals surface area contributed by atoms with E-state index in [1.54, 1.807) is 0 Å². The fraction of sp³-hybridized carbons (Fsp3) is 0.200. The van der Waals surface area contributed by atoms with Gasteiger partial charge in [0.2, 0.25) is 5.95 Å². The summed E-state index contributed by atoms with van der Waals surface area (Å²) in [6, 6.07) is 20.4. The van der Waals surface area contributed by atoms with Gasteiger partial charge in [-0.05, 0) is 42.3 Å². The molecule has 1 saturated heterocycles. The second-order valence-corrected chi connectivity index (χ2v) is 7.76. The lowest BCUT2D eigenvalue weighted by Gasteiger charge is -2.30. The lowest BCUT2D eigenvalue weighted by molar-refractivity contribution is 0.123. The van der Waals surface area contributed by atoms with Crippen LogP contribution in [0.1, 0.15) is 5.56 Å². The van der Waals surface area contributed by atoms with Crippen molar-refractivity contribution in [3.8, 4) is 11.1 Å². The molecule has 0 spiro atoms. The van der Waals surface area contributed by atoms with E-state index < -0.39 is 0 Å². The Labute approximate surface area is 181 Å². The van der Waals surface area contributed by atoms with Crippen molar-refractivity contribution in [3.63, 3.8) is 0 Å². The summed E-state index contributed by atoms with van der Waals surface area (Å²) in [5.41, 5.74) is 13.1. The Bertz CT molecular complexity index is 1230. The number of morpholine rings is 1. The van der Waals surface area contributed by atoms with Crippen molar-refractivity contribution in [2.75, 3.05) is 42.3 Å². The number of rotatable bonds is 4. The molecule has 1 fully saturated rings. The summed E-state index contributed by atoms with van der Waals surface area (Å²) in [6.07, 6.45) is 1.87. The van der Waals surface area contributed by atoms with E-state index in [0.717, 1.165) is 71.0 Å². The molecular formula is C25H25N5O. The molecule has 156 valence electrons. The number of nitrogens with one attached hydrogen (secondary N) is 1. The van der Waals surface area contributed by atoms with Gasteiger partial charge < -0.3 is 20.7 Å². The van der Waals surface area contributed by atoms with Gasteiger partial charge in [0.05, 0.1) is 30.1 Å². The molecule has 2 heterocycles. The highest BCUT2D eigenvalue weighted by Crippen LogP contribution is 2.33. The zero-order valence-electron chi connectivity index (χ0n) is 17.5. The maximum absolute atomic E-state index is 6.05. The monoisotopic (exact) mass is 411 g/mol. The number of nitrogens with two attached hydrogens (primary N) is 1. The summed E-state index contributed by atoms with van der Waals surface area (Å²) in [5.74, 6) is 0.573. The first-order valence-corrected chi connectivity index (χ1v) is 10.5. The molecule has 0 unspecified atom stereocenters. The molecule has 0 aliphatic carbocycles. The van der Waals surface area contributed by atoms with Crippen LogP contribution in [0.25, 0.3) is 22.0 Å². The van der Waals surface area contributed by atoms with E-state index in [1.165, 1.54) is 0 Å². The second kappa shape index (κ2) is 8.24. The highest BCUT2D eigenvalue weighted by atomic mass is 16.5. The largest absolute Gasteiger partial charge is 0.399 e. The van der Waals surface area contributed by atoms with Crippen molar-refractivity contribution in [1.82, 2.24) is 9.97 Å². The summed E-state index contributed by atoms with van der Waals surface area (Å²) in [5, 5.41) is 4.44. The second-order valence-electron chi connectivity index (χ2n) is 7.76. The lowest BCUT2D eigenvalue weighted by atomic mass is 9.97. The SMILES string of the molecule is Cc1ccc2cnc(Nc3ccccc3N3CCOCC3)nc2c1-c1cccc(N)c1. The first-order chi connectivity index (χ1) is 15.2. The Hall–Kier alpha value is -3.64. The molecule has 0 bridgehead atoms. The van der Waals surface area contributed by atoms with E-state index in [9.17, 15) is 0 Å². The van der Waals surface area contributed by atoms with Crippen LogP contribution in [0, 0.1) is 6.92 Å². The Morgan fingerprint density at radius 1 is 1.00 bits per heavy atom. The van der Waals surface area contributed by atoms with Gasteiger partial charge in [-0.25, -0.2) is 9.97 Å². The van der Waals surface area contributed by atoms with E-state index in [2.05, 4.69) is 58.5 Å². The van der Waals surface area contributed by atoms with Crippen LogP contribution in [0.2, 0.25) is 0 Å². The summed E-state index contributed by atoms with van der Waals surface area (Å²) in [7, 11) is 0. The van der Waals surface area contributed by atoms with Gasteiger partial charge in [-0.15, -0.1) is 0 Å². The van der Waals surface area contributed by atoms with Gasteiger partial charge in [-0.3, -0.25) is 0 Å². The van der Waals surface area contributed by atoms with Crippen LogP contribution < -0.4 is 16.0 Å². The fourth-order valence-corrected chi connectivity index (χ4v) is 4.10. The van der Waals surface area contributed by atoms with E-state index in [1.807, 2.05) is 30.5 Å². The summed E-state index contributed by atoms with van der Waals surface area (Å²) in [4.78, 5) is 11.8. The van der Waals surface area contributed by atoms with Crippen molar-refractivity contribution in [2.45, 2.75) is 6.92 Å². The number of nitrogen functional groups attached to an aromatic ring is 1. The average Bonchev–Trinajstić information content (AvgIpc) is 2.80. The van der Waals surface area contributed by atoms with Crippen LogP contribution in [0.15, 0.2) is 66.9 Å². The van der Waals surface area contributed by atoms with Crippen molar-refractivity contribution >= 4 is 33.9 Å². The highest BCUT2D eigenvalue weighted by Gasteiger charge is 2.16. The quantitative estimate of drug-likeness (QED) is 0.471. The number of nitrogens with zero attached hydrogens (tertiary/aromatic N) is 3. The topological polar surface area (TPSA) is 76.3 Å². The van der Waals surface area contributed by atoms with Crippen LogP contribution in [-0.4, -0.2) is 36.3 Å². The summed E-state index contributed by atoms with van der Waals surface area (Å²) >= 11 is 0. The molecule has 0 amide bonds. The first kappa shape index (κ1) is 19.3. The molecule has 4 aromatic rings. The van der Waals surface area contributed by atoms with Gasteiger partial charge in [0.25, 0.3) is 0 Å². The molecule has 3 aromatic carbocycles. The predicted molar refractivity (Wildman–Crippen MR) is 127 cm³/mol. The van der Waals surface area contributed by atoms with Gasteiger partial charge in [0.1, 0.15) is 0 Å². The number of hydrogen-bond donors (Lipinski definition) is 2. The van der Waals surface area contributed by atoms with Crippen LogP contribution in [0.3, 0.4) is 0 Å². The maximum Gasteiger partial charge on any atom is 0.227 e. The zero-order chi connectivity index (χ0) is 21.2. The van der Waals surface area contributed by atoms with Crippen LogP contribution in [-0.2, 0) is 4.74 Å². The Morgan fingerprint density at radius 2 is 1.84 bits per heavy atom. The zero-order valence-corrected chi connectivity index (χ0v) is 17.5. The fourth-order valence-electron chi connectivity index (χ4n) is 4.10. The molecule has 1 aromatic heterocycles. The van der Waals surface area contributed by atoms with Crippen LogP contribution in [0.4, 0.5) is 23.0 Å². The minimum Gasteiger partial charge on any atom is -0.399 e. The molecule has 31 heavy (non-hydrogen) atoms. The number of anilines is 4. The number of aryl methyl sites for hydroxylation is 1. The smallest absolute Gasteiger partial charge is 0.227 e. The van der Waals surface area contributed by atoms with Gasteiger partial charge in [-0.2, -0.15) is 0 Å². The first-order valence-electron chi connectivity index (χ1n) is 10.5. The van der Waals surface area contributed by atoms with Gasteiger partial charge in [-0.1, -0.05) is 36.4 Å². The molecule has 0 atom stereocenters. The summed E-state index contributed by atoms with van der Waals surface area (Å²) < 4.78 is 5.51. The minimum absolute atomic E-state index is 0.573. The normalized spacial score (nSPS) is 14.0. The summed E-state index contributed by atoms with van der Waals surface area (Å²) in [6.45, 7) is 5.32. The number of fused-ring (bicyclic) bond motifs is 1.